The molecule has 1 aliphatic rings. The van der Waals surface area contributed by atoms with E-state index < -0.39 is 0 Å². The molecule has 0 spiro atoms. The Balaban J connectivity index is 2.44. The summed E-state index contributed by atoms with van der Waals surface area (Å²) in [6, 6.07) is 0. The first-order valence-electron chi connectivity index (χ1n) is 2.81. The second kappa shape index (κ2) is 2.33. The number of nitrogens with zero attached hydrogens (tertiary/aromatic N) is 2. The van der Waals surface area contributed by atoms with Crippen molar-refractivity contribution in [3.8, 4) is 0 Å². The summed E-state index contributed by atoms with van der Waals surface area (Å²) in [5.41, 5.74) is 0. The molecule has 0 unspecified atom stereocenters. The van der Waals surface area contributed by atoms with Crippen molar-refractivity contribution in [1.29, 1.82) is 0 Å². The summed E-state index contributed by atoms with van der Waals surface area (Å²) in [4.78, 5) is 14.0. The Morgan fingerprint density at radius 3 is 2.67 bits per heavy atom. The number of amides is 1. The molecule has 4 heteroatoms. The van der Waals surface area contributed by atoms with Crippen molar-refractivity contribution in [1.82, 2.24) is 9.80 Å². The minimum Gasteiger partial charge on any atom is -0.381 e. The molecule has 1 rings (SSSR count). The molecule has 1 aliphatic heterocycles. The Bertz CT molecular complexity index is 126. The van der Waals surface area contributed by atoms with Gasteiger partial charge in [0, 0.05) is 7.05 Å². The van der Waals surface area contributed by atoms with Gasteiger partial charge in [0.05, 0.1) is 19.9 Å². The van der Waals surface area contributed by atoms with Crippen molar-refractivity contribution in [3.63, 3.8) is 0 Å². The average Bonchev–Trinajstić information content (AvgIpc) is 2.13. The Labute approximate surface area is 53.7 Å². The summed E-state index contributed by atoms with van der Waals surface area (Å²) in [7, 11) is 1.72. The first kappa shape index (κ1) is 6.51. The number of hydrogen-bond acceptors (Lipinski definition) is 3. The summed E-state index contributed by atoms with van der Waals surface area (Å²) in [6.45, 7) is 0.873. The van der Waals surface area contributed by atoms with Gasteiger partial charge in [-0.15, -0.1) is 0 Å². The lowest BCUT2D eigenvalue weighted by Crippen LogP contribution is -2.23. The van der Waals surface area contributed by atoms with Crippen molar-refractivity contribution in [3.05, 3.63) is 0 Å². The number of aliphatic hydroxyl groups is 1. The minimum atomic E-state index is -0.0317. The zero-order valence-corrected chi connectivity index (χ0v) is 5.37. The molecule has 0 radical (unpaired) electrons. The molecule has 0 aromatic heterocycles. The molecular formula is C5H10N2O2. The van der Waals surface area contributed by atoms with Gasteiger partial charge in [-0.25, -0.2) is 0 Å². The molecule has 1 saturated heterocycles. The van der Waals surface area contributed by atoms with E-state index in [1.807, 2.05) is 0 Å². The van der Waals surface area contributed by atoms with E-state index >= 15 is 0 Å². The molecule has 4 nitrogen and oxygen atoms in total. The maximum absolute atomic E-state index is 10.7. The summed E-state index contributed by atoms with van der Waals surface area (Å²) >= 11 is 0. The van der Waals surface area contributed by atoms with Crippen molar-refractivity contribution in [2.75, 3.05) is 27.0 Å². The van der Waals surface area contributed by atoms with Gasteiger partial charge in [0.25, 0.3) is 0 Å². The highest BCUT2D eigenvalue weighted by Crippen LogP contribution is 2.00. The molecule has 9 heavy (non-hydrogen) atoms. The minimum absolute atomic E-state index is 0.0317. The predicted octanol–water partition coefficient (Wildman–Crippen LogP) is -1.33. The second-order valence-electron chi connectivity index (χ2n) is 2.20. The smallest absolute Gasteiger partial charge is 0.237 e. The van der Waals surface area contributed by atoms with E-state index in [4.69, 9.17) is 5.11 Å². The quantitative estimate of drug-likeness (QED) is 0.478. The van der Waals surface area contributed by atoms with Crippen molar-refractivity contribution in [2.45, 2.75) is 0 Å². The molecule has 0 aromatic carbocycles. The van der Waals surface area contributed by atoms with E-state index in [0.29, 0.717) is 13.2 Å². The van der Waals surface area contributed by atoms with Crippen LogP contribution in [0.3, 0.4) is 0 Å². The third-order valence-corrected chi connectivity index (χ3v) is 1.40. The topological polar surface area (TPSA) is 43.8 Å². The number of hydrogen-bond donors (Lipinski definition) is 1. The van der Waals surface area contributed by atoms with Gasteiger partial charge in [0.1, 0.15) is 0 Å². The van der Waals surface area contributed by atoms with Gasteiger partial charge in [-0.1, -0.05) is 0 Å². The van der Waals surface area contributed by atoms with Gasteiger partial charge < -0.3 is 10.0 Å². The SMILES string of the molecule is CN1CN(CO)CC1=O. The van der Waals surface area contributed by atoms with E-state index in [9.17, 15) is 4.79 Å². The van der Waals surface area contributed by atoms with Gasteiger partial charge in [-0.05, 0) is 0 Å². The molecule has 52 valence electrons. The maximum Gasteiger partial charge on any atom is 0.237 e. The molecule has 0 saturated carbocycles. The fourth-order valence-corrected chi connectivity index (χ4v) is 0.836. The van der Waals surface area contributed by atoms with Crippen LogP contribution in [0.5, 0.6) is 0 Å². The van der Waals surface area contributed by atoms with Crippen molar-refractivity contribution < 1.29 is 9.90 Å². The summed E-state index contributed by atoms with van der Waals surface area (Å²) in [5.74, 6) is 0.0732. The number of rotatable bonds is 1. The number of carbonyl (C=O) groups is 1. The Morgan fingerprint density at radius 2 is 2.44 bits per heavy atom. The largest absolute Gasteiger partial charge is 0.381 e. The Kier molecular flexibility index (Phi) is 1.68. The van der Waals surface area contributed by atoms with Crippen LogP contribution in [0.2, 0.25) is 0 Å². The predicted molar refractivity (Wildman–Crippen MR) is 31.4 cm³/mol. The number of likely N-dealkylation sites (N-methyl/N-ethyl adjacent to an activating group) is 1. The van der Waals surface area contributed by atoms with Gasteiger partial charge in [0.2, 0.25) is 5.91 Å². The van der Waals surface area contributed by atoms with Crippen LogP contribution in [0.1, 0.15) is 0 Å². The fourth-order valence-electron chi connectivity index (χ4n) is 0.836. The third-order valence-electron chi connectivity index (χ3n) is 1.40. The first-order chi connectivity index (χ1) is 4.24. The normalized spacial score (nSPS) is 21.6. The van der Waals surface area contributed by atoms with E-state index in [1.54, 1.807) is 16.8 Å². The molecule has 1 fully saturated rings. The monoisotopic (exact) mass is 130 g/mol. The standard InChI is InChI=1S/C5H10N2O2/c1-6-3-7(4-8)2-5(6)9/h8H,2-4H2,1H3. The lowest BCUT2D eigenvalue weighted by atomic mass is 10.6. The number of aliphatic hydroxyl groups excluding tert-OH is 1. The molecular weight excluding hydrogens is 120 g/mol. The van der Waals surface area contributed by atoms with Crippen LogP contribution in [0, 0.1) is 0 Å². The van der Waals surface area contributed by atoms with E-state index in [-0.39, 0.29) is 12.6 Å². The highest BCUT2D eigenvalue weighted by molar-refractivity contribution is 5.79. The average molecular weight is 130 g/mol. The molecule has 0 aromatic rings. The van der Waals surface area contributed by atoms with Crippen LogP contribution in [0.25, 0.3) is 0 Å². The van der Waals surface area contributed by atoms with E-state index in [1.165, 1.54) is 0 Å². The van der Waals surface area contributed by atoms with Crippen LogP contribution in [-0.2, 0) is 4.79 Å². The lowest BCUT2D eigenvalue weighted by molar-refractivity contribution is -0.125. The van der Waals surface area contributed by atoms with E-state index in [0.717, 1.165) is 0 Å². The summed E-state index contributed by atoms with van der Waals surface area (Å²) in [5, 5.41) is 8.55. The number of carbonyl (C=O) groups excluding carboxylic acids is 1. The highest BCUT2D eigenvalue weighted by atomic mass is 16.3. The molecule has 1 amide bonds. The molecule has 0 aliphatic carbocycles. The van der Waals surface area contributed by atoms with Crippen LogP contribution >= 0.6 is 0 Å². The summed E-state index contributed by atoms with van der Waals surface area (Å²) in [6.07, 6.45) is 0. The lowest BCUT2D eigenvalue weighted by Gasteiger charge is -2.09. The van der Waals surface area contributed by atoms with Crippen LogP contribution < -0.4 is 0 Å². The van der Waals surface area contributed by atoms with Crippen molar-refractivity contribution >= 4 is 5.91 Å². The summed E-state index contributed by atoms with van der Waals surface area (Å²) < 4.78 is 0. The molecule has 0 atom stereocenters. The van der Waals surface area contributed by atoms with Gasteiger partial charge in [-0.3, -0.25) is 9.69 Å². The van der Waals surface area contributed by atoms with Crippen LogP contribution in [0.15, 0.2) is 0 Å². The van der Waals surface area contributed by atoms with Crippen LogP contribution in [0.4, 0.5) is 0 Å². The molecule has 0 bridgehead atoms. The second-order valence-corrected chi connectivity index (χ2v) is 2.20. The third kappa shape index (κ3) is 1.20. The van der Waals surface area contributed by atoms with Crippen LogP contribution in [-0.4, -0.2) is 47.8 Å². The van der Waals surface area contributed by atoms with Gasteiger partial charge in [-0.2, -0.15) is 0 Å². The van der Waals surface area contributed by atoms with E-state index in [2.05, 4.69) is 0 Å². The Morgan fingerprint density at radius 1 is 1.78 bits per heavy atom. The van der Waals surface area contributed by atoms with Gasteiger partial charge >= 0.3 is 0 Å². The molecule has 1 N–H and O–H groups in total. The first-order valence-corrected chi connectivity index (χ1v) is 2.81. The zero-order chi connectivity index (χ0) is 6.85. The Hall–Kier alpha value is -0.610. The highest BCUT2D eigenvalue weighted by Gasteiger charge is 2.22. The van der Waals surface area contributed by atoms with Gasteiger partial charge in [0.15, 0.2) is 0 Å². The fraction of sp³-hybridized carbons (Fsp3) is 0.800. The maximum atomic E-state index is 10.7. The van der Waals surface area contributed by atoms with Crippen molar-refractivity contribution in [2.24, 2.45) is 0 Å². The molecule has 1 heterocycles. The zero-order valence-electron chi connectivity index (χ0n) is 5.37.